The van der Waals surface area contributed by atoms with Gasteiger partial charge in [-0.25, -0.2) is 0 Å². The number of fused-ring (bicyclic) bond motifs is 1. The van der Waals surface area contributed by atoms with E-state index in [9.17, 15) is 9.59 Å². The van der Waals surface area contributed by atoms with Gasteiger partial charge < -0.3 is 28.4 Å². The van der Waals surface area contributed by atoms with E-state index >= 15 is 0 Å². The lowest BCUT2D eigenvalue weighted by atomic mass is 9.99. The first-order chi connectivity index (χ1) is 12.5. The third-order valence-electron chi connectivity index (χ3n) is 4.49. The normalized spacial score (nSPS) is 33.5. The Hall–Kier alpha value is -1.22. The fraction of sp³-hybridized carbons (Fsp3) is 0.889. The largest absolute Gasteiger partial charge is 0.463 e. The molecule has 0 amide bonds. The Labute approximate surface area is 154 Å². The Kier molecular flexibility index (Phi) is 8.27. The van der Waals surface area contributed by atoms with E-state index in [-0.39, 0.29) is 6.61 Å². The summed E-state index contributed by atoms with van der Waals surface area (Å²) in [5, 5.41) is 0. The second-order valence-electron chi connectivity index (χ2n) is 6.64. The molecule has 0 aromatic carbocycles. The van der Waals surface area contributed by atoms with Crippen LogP contribution in [0.5, 0.6) is 0 Å². The van der Waals surface area contributed by atoms with Crippen molar-refractivity contribution in [1.29, 1.82) is 0 Å². The minimum absolute atomic E-state index is 0.0229. The van der Waals surface area contributed by atoms with Gasteiger partial charge in [-0.2, -0.15) is 0 Å². The molecular weight excluding hydrogens is 344 g/mol. The molecule has 0 bridgehead atoms. The lowest BCUT2D eigenvalue weighted by Gasteiger charge is -2.40. The summed E-state index contributed by atoms with van der Waals surface area (Å²) in [6, 6.07) is 0. The standard InChI is InChI=1S/C18H30O8/c1-5-6-7-8-9-14-25-15-13(10-22-11(2)19)24-18(21-4)17(16(15)26-14)23-12(3)20/h13-18H,5-10H2,1-4H3. The van der Waals surface area contributed by atoms with Crippen LogP contribution in [0.1, 0.15) is 52.9 Å². The number of methoxy groups -OCH3 is 1. The number of carbonyl (C=O) groups is 2. The summed E-state index contributed by atoms with van der Waals surface area (Å²) in [5.74, 6) is -0.857. The van der Waals surface area contributed by atoms with Crippen molar-refractivity contribution in [3.05, 3.63) is 0 Å². The first-order valence-electron chi connectivity index (χ1n) is 9.26. The van der Waals surface area contributed by atoms with E-state index in [0.29, 0.717) is 0 Å². The minimum atomic E-state index is -0.817. The molecule has 2 heterocycles. The summed E-state index contributed by atoms with van der Waals surface area (Å²) >= 11 is 0. The van der Waals surface area contributed by atoms with Crippen molar-refractivity contribution in [2.75, 3.05) is 13.7 Å². The molecule has 8 heteroatoms. The second-order valence-corrected chi connectivity index (χ2v) is 6.64. The maximum Gasteiger partial charge on any atom is 0.303 e. The molecule has 26 heavy (non-hydrogen) atoms. The third-order valence-corrected chi connectivity index (χ3v) is 4.49. The maximum absolute atomic E-state index is 11.5. The summed E-state index contributed by atoms with van der Waals surface area (Å²) in [7, 11) is 1.46. The summed E-state index contributed by atoms with van der Waals surface area (Å²) in [5.41, 5.74) is 0. The van der Waals surface area contributed by atoms with Crippen LogP contribution in [-0.4, -0.2) is 62.7 Å². The zero-order chi connectivity index (χ0) is 19.1. The number of rotatable bonds is 9. The highest BCUT2D eigenvalue weighted by Gasteiger charge is 2.54. The van der Waals surface area contributed by atoms with Gasteiger partial charge >= 0.3 is 11.9 Å². The van der Waals surface area contributed by atoms with Gasteiger partial charge in [-0.1, -0.05) is 26.2 Å². The fourth-order valence-corrected chi connectivity index (χ4v) is 3.29. The molecule has 0 aromatic rings. The van der Waals surface area contributed by atoms with Gasteiger partial charge in [0.05, 0.1) is 0 Å². The van der Waals surface area contributed by atoms with Gasteiger partial charge in [-0.05, 0) is 12.8 Å². The highest BCUT2D eigenvalue weighted by molar-refractivity contribution is 5.66. The highest BCUT2D eigenvalue weighted by Crippen LogP contribution is 2.36. The van der Waals surface area contributed by atoms with Gasteiger partial charge in [0, 0.05) is 21.0 Å². The number of carbonyl (C=O) groups excluding carboxylic acids is 2. The van der Waals surface area contributed by atoms with Crippen LogP contribution in [-0.2, 0) is 38.0 Å². The Bertz CT molecular complexity index is 468. The van der Waals surface area contributed by atoms with Gasteiger partial charge in [0.15, 0.2) is 18.7 Å². The molecule has 0 saturated carbocycles. The molecule has 0 aromatic heterocycles. The summed E-state index contributed by atoms with van der Waals surface area (Å²) in [4.78, 5) is 22.6. The Morgan fingerprint density at radius 3 is 2.31 bits per heavy atom. The molecule has 2 aliphatic heterocycles. The van der Waals surface area contributed by atoms with Crippen molar-refractivity contribution in [2.24, 2.45) is 0 Å². The first kappa shape index (κ1) is 21.1. The number of ether oxygens (including phenoxy) is 6. The summed E-state index contributed by atoms with van der Waals surface area (Å²) < 4.78 is 33.6. The zero-order valence-corrected chi connectivity index (χ0v) is 16.0. The predicted molar refractivity (Wildman–Crippen MR) is 90.2 cm³/mol. The molecule has 6 atom stereocenters. The number of esters is 2. The van der Waals surface area contributed by atoms with E-state index < -0.39 is 48.9 Å². The molecule has 0 aliphatic carbocycles. The van der Waals surface area contributed by atoms with Crippen LogP contribution in [0.15, 0.2) is 0 Å². The smallest absolute Gasteiger partial charge is 0.303 e. The molecule has 2 rings (SSSR count). The van der Waals surface area contributed by atoms with Crippen molar-refractivity contribution in [1.82, 2.24) is 0 Å². The van der Waals surface area contributed by atoms with Gasteiger partial charge in [-0.3, -0.25) is 9.59 Å². The van der Waals surface area contributed by atoms with Crippen LogP contribution in [0.4, 0.5) is 0 Å². The first-order valence-corrected chi connectivity index (χ1v) is 9.26. The van der Waals surface area contributed by atoms with Crippen LogP contribution >= 0.6 is 0 Å². The van der Waals surface area contributed by atoms with Crippen molar-refractivity contribution in [3.8, 4) is 0 Å². The SMILES string of the molecule is CCCCCCC1OC2C(COC(C)=O)OC(OC)C(OC(C)=O)C2O1. The molecule has 8 nitrogen and oxygen atoms in total. The number of hydrogen-bond donors (Lipinski definition) is 0. The van der Waals surface area contributed by atoms with Crippen molar-refractivity contribution < 1.29 is 38.0 Å². The Balaban J connectivity index is 2.06. The van der Waals surface area contributed by atoms with Crippen LogP contribution in [0, 0.1) is 0 Å². The van der Waals surface area contributed by atoms with E-state index in [1.54, 1.807) is 0 Å². The number of unbranched alkanes of at least 4 members (excludes halogenated alkanes) is 3. The van der Waals surface area contributed by atoms with Crippen LogP contribution in [0.2, 0.25) is 0 Å². The fourth-order valence-electron chi connectivity index (χ4n) is 3.29. The van der Waals surface area contributed by atoms with E-state index in [1.165, 1.54) is 27.4 Å². The van der Waals surface area contributed by atoms with Crippen LogP contribution in [0.25, 0.3) is 0 Å². The third kappa shape index (κ3) is 5.64. The maximum atomic E-state index is 11.5. The molecular formula is C18H30O8. The highest BCUT2D eigenvalue weighted by atomic mass is 16.8. The molecule has 0 radical (unpaired) electrons. The summed E-state index contributed by atoms with van der Waals surface area (Å²) in [6.07, 6.45) is 1.61. The van der Waals surface area contributed by atoms with Crippen LogP contribution in [0.3, 0.4) is 0 Å². The lowest BCUT2D eigenvalue weighted by Crippen LogP contribution is -2.59. The van der Waals surface area contributed by atoms with Crippen molar-refractivity contribution in [3.63, 3.8) is 0 Å². The van der Waals surface area contributed by atoms with E-state index in [4.69, 9.17) is 28.4 Å². The van der Waals surface area contributed by atoms with Crippen molar-refractivity contribution >= 4 is 11.9 Å². The molecule has 0 spiro atoms. The van der Waals surface area contributed by atoms with Gasteiger partial charge in [0.2, 0.25) is 0 Å². The molecule has 150 valence electrons. The predicted octanol–water partition coefficient (Wildman–Crippen LogP) is 1.93. The molecule has 2 fully saturated rings. The van der Waals surface area contributed by atoms with Gasteiger partial charge in [0.25, 0.3) is 0 Å². The monoisotopic (exact) mass is 374 g/mol. The van der Waals surface area contributed by atoms with Crippen molar-refractivity contribution in [2.45, 2.75) is 89.9 Å². The number of hydrogen-bond acceptors (Lipinski definition) is 8. The molecule has 2 saturated heterocycles. The van der Waals surface area contributed by atoms with Crippen LogP contribution < -0.4 is 0 Å². The average molecular weight is 374 g/mol. The molecule has 0 N–H and O–H groups in total. The minimum Gasteiger partial charge on any atom is -0.463 e. The summed E-state index contributed by atoms with van der Waals surface area (Å²) in [6.45, 7) is 4.83. The zero-order valence-electron chi connectivity index (χ0n) is 16.0. The quantitative estimate of drug-likeness (QED) is 0.447. The van der Waals surface area contributed by atoms with Gasteiger partial charge in [0.1, 0.15) is 24.9 Å². The topological polar surface area (TPSA) is 89.5 Å². The molecule has 6 unspecified atom stereocenters. The Morgan fingerprint density at radius 1 is 0.962 bits per heavy atom. The van der Waals surface area contributed by atoms with E-state index in [0.717, 1.165) is 25.7 Å². The Morgan fingerprint density at radius 2 is 1.69 bits per heavy atom. The second kappa shape index (κ2) is 10.2. The molecule has 2 aliphatic rings. The van der Waals surface area contributed by atoms with E-state index in [2.05, 4.69) is 6.92 Å². The van der Waals surface area contributed by atoms with Gasteiger partial charge in [-0.15, -0.1) is 0 Å². The van der Waals surface area contributed by atoms with E-state index in [1.807, 2.05) is 0 Å². The lowest BCUT2D eigenvalue weighted by molar-refractivity contribution is -0.279. The average Bonchev–Trinajstić information content (AvgIpc) is 3.01.